The van der Waals surface area contributed by atoms with E-state index in [1.165, 1.54) is 56.6 Å². The predicted octanol–water partition coefficient (Wildman–Crippen LogP) is 3.78. The molecule has 2 saturated heterocycles. The van der Waals surface area contributed by atoms with Gasteiger partial charge in [0.1, 0.15) is 5.82 Å². The van der Waals surface area contributed by atoms with Crippen molar-refractivity contribution in [3.8, 4) is 11.3 Å². The molecular weight excluding hydrogens is 430 g/mol. The molecule has 2 radical (unpaired) electrons. The highest BCUT2D eigenvalue weighted by Gasteiger charge is 2.39. The number of hydrogen-bond acceptors (Lipinski definition) is 6. The third kappa shape index (κ3) is 5.84. The number of fused-ring (bicyclic) bond motifs is 1. The van der Waals surface area contributed by atoms with Crippen molar-refractivity contribution in [2.24, 2.45) is 17.8 Å². The third-order valence-corrected chi connectivity index (χ3v) is 6.96. The van der Waals surface area contributed by atoms with Crippen molar-refractivity contribution in [3.63, 3.8) is 0 Å². The molecule has 6 nitrogen and oxygen atoms in total. The summed E-state index contributed by atoms with van der Waals surface area (Å²) in [5, 5.41) is 7.12. The molecule has 0 spiro atoms. The molecule has 3 atom stereocenters. The van der Waals surface area contributed by atoms with E-state index in [9.17, 15) is 13.2 Å². The van der Waals surface area contributed by atoms with Crippen LogP contribution < -0.4 is 5.73 Å². The van der Waals surface area contributed by atoms with E-state index >= 15 is 0 Å². The van der Waals surface area contributed by atoms with E-state index in [4.69, 9.17) is 18.3 Å². The Kier molecular flexibility index (Phi) is 7.53. The number of halogens is 3. The molecule has 3 unspecified atom stereocenters. The SMILES string of the molecule is Nc1ccc(-c2cccnc2C(F)(F)F)nn1.[B]C(C1CCOCC1)N1CC2CCCC2C1. The van der Waals surface area contributed by atoms with Crippen LogP contribution in [0.1, 0.15) is 37.8 Å². The molecular formula is C23H29BF3N5O. The molecule has 2 N–H and O–H groups in total. The van der Waals surface area contributed by atoms with Gasteiger partial charge in [-0.2, -0.15) is 13.2 Å². The molecule has 0 aromatic carbocycles. The number of nitrogen functional groups attached to an aromatic ring is 1. The van der Waals surface area contributed by atoms with Crippen LogP contribution in [0.5, 0.6) is 0 Å². The van der Waals surface area contributed by atoms with Gasteiger partial charge >= 0.3 is 6.18 Å². The lowest BCUT2D eigenvalue weighted by Crippen LogP contribution is -2.42. The van der Waals surface area contributed by atoms with Crippen LogP contribution in [0.3, 0.4) is 0 Å². The first kappa shape index (κ1) is 23.9. The molecule has 10 heteroatoms. The summed E-state index contributed by atoms with van der Waals surface area (Å²) in [6, 6.07) is 5.45. The Balaban J connectivity index is 0.000000157. The topological polar surface area (TPSA) is 77.2 Å². The second kappa shape index (κ2) is 10.4. The standard InChI is InChI=1S/C13H22BNO.C10H7F3N4/c14-13(10-4-6-16-7-5-10)15-8-11-2-1-3-12(11)9-15;11-10(12,13)9-6(2-1-5-15-9)7-3-4-8(14)17-16-7/h10-13H,1-9H2;1-5H,(H2,14,17). The number of pyridine rings is 1. The highest BCUT2D eigenvalue weighted by atomic mass is 19.4. The lowest BCUT2D eigenvalue weighted by atomic mass is 9.78. The Morgan fingerprint density at radius 1 is 1.03 bits per heavy atom. The first-order valence-electron chi connectivity index (χ1n) is 11.5. The van der Waals surface area contributed by atoms with E-state index in [2.05, 4.69) is 20.1 Å². The van der Waals surface area contributed by atoms with Crippen LogP contribution >= 0.6 is 0 Å². The van der Waals surface area contributed by atoms with Gasteiger partial charge in [-0.25, -0.2) is 0 Å². The second-order valence-corrected chi connectivity index (χ2v) is 9.09. The van der Waals surface area contributed by atoms with Gasteiger partial charge in [0.25, 0.3) is 0 Å². The summed E-state index contributed by atoms with van der Waals surface area (Å²) < 4.78 is 43.4. The van der Waals surface area contributed by atoms with Gasteiger partial charge < -0.3 is 15.4 Å². The monoisotopic (exact) mass is 459 g/mol. The minimum Gasteiger partial charge on any atom is -0.382 e. The van der Waals surface area contributed by atoms with Gasteiger partial charge in [0.05, 0.1) is 13.5 Å². The molecule has 2 aromatic heterocycles. The minimum atomic E-state index is -4.53. The normalized spacial score (nSPS) is 24.7. The number of nitrogens with two attached hydrogens (primary N) is 1. The quantitative estimate of drug-likeness (QED) is 0.705. The number of rotatable bonds is 3. The fraction of sp³-hybridized carbons (Fsp3) is 0.609. The number of hydrogen-bond donors (Lipinski definition) is 1. The van der Waals surface area contributed by atoms with E-state index in [1.54, 1.807) is 0 Å². The second-order valence-electron chi connectivity index (χ2n) is 9.09. The Morgan fingerprint density at radius 2 is 1.73 bits per heavy atom. The highest BCUT2D eigenvalue weighted by Crippen LogP contribution is 2.39. The first-order valence-corrected chi connectivity index (χ1v) is 11.5. The van der Waals surface area contributed by atoms with Gasteiger partial charge in [0.2, 0.25) is 0 Å². The fourth-order valence-electron chi connectivity index (χ4n) is 5.19. The van der Waals surface area contributed by atoms with Gasteiger partial charge in [-0.1, -0.05) is 6.42 Å². The summed E-state index contributed by atoms with van der Waals surface area (Å²) in [6.45, 7) is 4.37. The zero-order chi connectivity index (χ0) is 23.4. The number of ether oxygens (including phenoxy) is 1. The lowest BCUT2D eigenvalue weighted by Gasteiger charge is -2.35. The molecule has 33 heavy (non-hydrogen) atoms. The van der Waals surface area contributed by atoms with Crippen molar-refractivity contribution in [1.29, 1.82) is 0 Å². The molecule has 0 amide bonds. The van der Waals surface area contributed by atoms with Crippen LogP contribution in [0, 0.1) is 17.8 Å². The maximum absolute atomic E-state index is 12.7. The maximum Gasteiger partial charge on any atom is 0.434 e. The summed E-state index contributed by atoms with van der Waals surface area (Å²) in [5.41, 5.74) is 4.30. The summed E-state index contributed by atoms with van der Waals surface area (Å²) in [7, 11) is 6.43. The lowest BCUT2D eigenvalue weighted by molar-refractivity contribution is -0.140. The van der Waals surface area contributed by atoms with E-state index in [0.717, 1.165) is 44.1 Å². The predicted molar refractivity (Wildman–Crippen MR) is 120 cm³/mol. The molecule has 2 aliphatic heterocycles. The minimum absolute atomic E-state index is 0.0830. The molecule has 2 aromatic rings. The molecule has 4 heterocycles. The van der Waals surface area contributed by atoms with Crippen molar-refractivity contribution < 1.29 is 17.9 Å². The Hall–Kier alpha value is -2.20. The van der Waals surface area contributed by atoms with Crippen LogP contribution in [0.2, 0.25) is 0 Å². The van der Waals surface area contributed by atoms with Crippen LogP contribution in [0.25, 0.3) is 11.3 Å². The maximum atomic E-state index is 12.7. The largest absolute Gasteiger partial charge is 0.434 e. The Labute approximate surface area is 193 Å². The molecule has 176 valence electrons. The van der Waals surface area contributed by atoms with Gasteiger partial charge in [-0.05, 0) is 73.6 Å². The summed E-state index contributed by atoms with van der Waals surface area (Å²) in [5.74, 6) is 3.05. The van der Waals surface area contributed by atoms with Crippen molar-refractivity contribution in [2.75, 3.05) is 32.0 Å². The van der Waals surface area contributed by atoms with Crippen LogP contribution in [-0.4, -0.2) is 60.2 Å². The molecule has 1 saturated carbocycles. The average molecular weight is 459 g/mol. The van der Waals surface area contributed by atoms with Crippen molar-refractivity contribution >= 4 is 13.7 Å². The van der Waals surface area contributed by atoms with Crippen molar-refractivity contribution in [1.82, 2.24) is 20.1 Å². The highest BCUT2D eigenvalue weighted by molar-refractivity contribution is 6.11. The zero-order valence-electron chi connectivity index (χ0n) is 18.5. The Bertz CT molecular complexity index is 896. The van der Waals surface area contributed by atoms with E-state index in [1.807, 2.05) is 0 Å². The number of alkyl halides is 3. The molecule has 5 rings (SSSR count). The summed E-state index contributed by atoms with van der Waals surface area (Å²) in [4.78, 5) is 5.88. The smallest absolute Gasteiger partial charge is 0.382 e. The zero-order valence-corrected chi connectivity index (χ0v) is 18.5. The van der Waals surface area contributed by atoms with E-state index in [-0.39, 0.29) is 17.1 Å². The fourth-order valence-corrected chi connectivity index (χ4v) is 5.19. The number of nitrogens with zero attached hydrogens (tertiary/aromatic N) is 4. The van der Waals surface area contributed by atoms with Gasteiger partial charge in [-0.15, -0.1) is 10.2 Å². The van der Waals surface area contributed by atoms with E-state index < -0.39 is 11.9 Å². The Morgan fingerprint density at radius 3 is 2.33 bits per heavy atom. The van der Waals surface area contributed by atoms with Crippen LogP contribution in [0.15, 0.2) is 30.5 Å². The van der Waals surface area contributed by atoms with Crippen LogP contribution in [-0.2, 0) is 10.9 Å². The van der Waals surface area contributed by atoms with Crippen molar-refractivity contribution in [2.45, 2.75) is 44.2 Å². The molecule has 1 aliphatic carbocycles. The van der Waals surface area contributed by atoms with Crippen LogP contribution in [0.4, 0.5) is 19.0 Å². The van der Waals surface area contributed by atoms with Crippen molar-refractivity contribution in [3.05, 3.63) is 36.2 Å². The average Bonchev–Trinajstić information content (AvgIpc) is 3.42. The number of aromatic nitrogens is 3. The third-order valence-electron chi connectivity index (χ3n) is 6.96. The van der Waals surface area contributed by atoms with Gasteiger partial charge in [0, 0.05) is 38.1 Å². The van der Waals surface area contributed by atoms with E-state index in [0.29, 0.717) is 11.9 Å². The molecule has 3 fully saturated rings. The molecule has 3 aliphatic rings. The summed E-state index contributed by atoms with van der Waals surface area (Å²) in [6.07, 6.45) is 3.22. The van der Waals surface area contributed by atoms with Gasteiger partial charge in [0.15, 0.2) is 5.69 Å². The summed E-state index contributed by atoms with van der Waals surface area (Å²) >= 11 is 0. The number of likely N-dealkylation sites (tertiary alicyclic amines) is 1. The van der Waals surface area contributed by atoms with Gasteiger partial charge in [-0.3, -0.25) is 4.98 Å². The molecule has 0 bridgehead atoms. The number of anilines is 1. The first-order chi connectivity index (χ1) is 15.8.